The Hall–Kier alpha value is -3.86. The van der Waals surface area contributed by atoms with E-state index >= 15 is 0 Å². The van der Waals surface area contributed by atoms with Gasteiger partial charge in [-0.2, -0.15) is 0 Å². The molecule has 0 aliphatic carbocycles. The number of benzene rings is 2. The smallest absolute Gasteiger partial charge is 0.258 e. The minimum atomic E-state index is -0.0675. The number of nitrogens with one attached hydrogen (secondary N) is 1. The highest BCUT2D eigenvalue weighted by Gasteiger charge is 2.23. The molecule has 5 nitrogen and oxygen atoms in total. The van der Waals surface area contributed by atoms with Crippen molar-refractivity contribution in [2.24, 2.45) is 0 Å². The number of H-pyrrole nitrogens is 1. The third kappa shape index (κ3) is 4.36. The van der Waals surface area contributed by atoms with Gasteiger partial charge in [0.15, 0.2) is 0 Å². The summed E-state index contributed by atoms with van der Waals surface area (Å²) in [5.41, 5.74) is 4.93. The van der Waals surface area contributed by atoms with Crippen molar-refractivity contribution < 1.29 is 9.90 Å². The van der Waals surface area contributed by atoms with Gasteiger partial charge in [-0.15, -0.1) is 0 Å². The Balaban J connectivity index is 1.65. The molecule has 0 atom stereocenters. The molecule has 0 unspecified atom stereocenters. The zero-order valence-corrected chi connectivity index (χ0v) is 17.7. The lowest BCUT2D eigenvalue weighted by Crippen LogP contribution is -2.31. The van der Waals surface area contributed by atoms with E-state index in [0.717, 1.165) is 34.0 Å². The van der Waals surface area contributed by atoms with Gasteiger partial charge in [0, 0.05) is 35.5 Å². The molecule has 2 aromatic carbocycles. The minimum absolute atomic E-state index is 0.0675. The molecular weight excluding hydrogens is 386 g/mol. The average molecular weight is 412 g/mol. The molecule has 0 saturated heterocycles. The first-order valence-corrected chi connectivity index (χ1v) is 10.3. The summed E-state index contributed by atoms with van der Waals surface area (Å²) < 4.78 is 0. The number of aromatic nitrogens is 2. The Morgan fingerprint density at radius 3 is 2.65 bits per heavy atom. The van der Waals surface area contributed by atoms with Crippen molar-refractivity contribution >= 4 is 12.0 Å². The SMILES string of the molecule is C/C=C\C=C/C1=Cc2nc(C)[nH]c2CCN1C(=O)c1ccc(-c2ccccc2O)cc1. The van der Waals surface area contributed by atoms with E-state index < -0.39 is 0 Å². The molecule has 2 heterocycles. The van der Waals surface area contributed by atoms with E-state index in [0.29, 0.717) is 18.5 Å². The van der Waals surface area contributed by atoms with Crippen LogP contribution in [0.4, 0.5) is 0 Å². The maximum absolute atomic E-state index is 13.4. The maximum Gasteiger partial charge on any atom is 0.258 e. The molecule has 1 aromatic heterocycles. The van der Waals surface area contributed by atoms with Gasteiger partial charge < -0.3 is 15.0 Å². The first kappa shape index (κ1) is 20.4. The van der Waals surface area contributed by atoms with E-state index in [1.54, 1.807) is 17.0 Å². The van der Waals surface area contributed by atoms with Gasteiger partial charge in [0.05, 0.1) is 5.69 Å². The lowest BCUT2D eigenvalue weighted by Gasteiger charge is -2.22. The molecule has 31 heavy (non-hydrogen) atoms. The zero-order chi connectivity index (χ0) is 21.8. The molecule has 0 saturated carbocycles. The third-order valence-corrected chi connectivity index (χ3v) is 5.27. The van der Waals surface area contributed by atoms with Crippen LogP contribution >= 0.6 is 0 Å². The van der Waals surface area contributed by atoms with Crippen molar-refractivity contribution in [2.45, 2.75) is 20.3 Å². The molecule has 5 heteroatoms. The average Bonchev–Trinajstić information content (AvgIpc) is 3.04. The second kappa shape index (κ2) is 8.88. The minimum Gasteiger partial charge on any atom is -0.507 e. The predicted molar refractivity (Wildman–Crippen MR) is 124 cm³/mol. The first-order valence-electron chi connectivity index (χ1n) is 10.3. The number of hydrogen-bond acceptors (Lipinski definition) is 3. The number of phenols is 1. The molecule has 0 radical (unpaired) electrons. The van der Waals surface area contributed by atoms with Crippen LogP contribution in [0.15, 0.2) is 78.5 Å². The number of amides is 1. The Morgan fingerprint density at radius 1 is 1.13 bits per heavy atom. The fourth-order valence-electron chi connectivity index (χ4n) is 3.73. The van der Waals surface area contributed by atoms with Crippen molar-refractivity contribution in [3.8, 4) is 16.9 Å². The van der Waals surface area contributed by atoms with E-state index in [9.17, 15) is 9.90 Å². The van der Waals surface area contributed by atoms with Crippen molar-refractivity contribution in [3.63, 3.8) is 0 Å². The van der Waals surface area contributed by atoms with E-state index in [2.05, 4.69) is 9.97 Å². The number of carbonyl (C=O) groups is 1. The number of hydrogen-bond donors (Lipinski definition) is 2. The van der Waals surface area contributed by atoms with Gasteiger partial charge in [0.2, 0.25) is 0 Å². The summed E-state index contributed by atoms with van der Waals surface area (Å²) in [7, 11) is 0. The number of nitrogens with zero attached hydrogens (tertiary/aromatic N) is 2. The molecule has 0 spiro atoms. The number of fused-ring (bicyclic) bond motifs is 1. The Morgan fingerprint density at radius 2 is 1.90 bits per heavy atom. The monoisotopic (exact) mass is 411 g/mol. The van der Waals surface area contributed by atoms with Gasteiger partial charge in [-0.05, 0) is 49.8 Å². The van der Waals surface area contributed by atoms with Crippen LogP contribution in [0, 0.1) is 6.92 Å². The van der Waals surface area contributed by atoms with Crippen LogP contribution in [-0.2, 0) is 6.42 Å². The highest BCUT2D eigenvalue weighted by molar-refractivity contribution is 5.97. The number of aromatic amines is 1. The van der Waals surface area contributed by atoms with Crippen molar-refractivity contribution in [3.05, 3.63) is 101 Å². The topological polar surface area (TPSA) is 69.2 Å². The van der Waals surface area contributed by atoms with E-state index in [-0.39, 0.29) is 11.7 Å². The normalized spacial score (nSPS) is 14.0. The summed E-state index contributed by atoms with van der Waals surface area (Å²) in [6, 6.07) is 14.5. The number of rotatable bonds is 4. The van der Waals surface area contributed by atoms with Crippen molar-refractivity contribution in [1.82, 2.24) is 14.9 Å². The lowest BCUT2D eigenvalue weighted by atomic mass is 10.0. The molecular formula is C26H25N3O2. The summed E-state index contributed by atoms with van der Waals surface area (Å²) in [5, 5.41) is 10.1. The Kier molecular flexibility index (Phi) is 5.85. The molecule has 0 bridgehead atoms. The van der Waals surface area contributed by atoms with Gasteiger partial charge in [-0.1, -0.05) is 48.6 Å². The molecule has 1 amide bonds. The van der Waals surface area contributed by atoms with Crippen LogP contribution in [0.1, 0.15) is 34.5 Å². The molecule has 2 N–H and O–H groups in total. The standard InChI is InChI=1S/C26H25N3O2/c1-3-4-5-8-21-17-24-23(27-18(2)28-24)15-16-29(21)26(31)20-13-11-19(12-14-20)22-9-6-7-10-25(22)30/h3-14,17,30H,15-16H2,1-2H3,(H,27,28)/b4-3-,8-5-. The lowest BCUT2D eigenvalue weighted by molar-refractivity contribution is 0.0814. The van der Waals surface area contributed by atoms with Crippen LogP contribution in [0.3, 0.4) is 0 Å². The molecule has 4 rings (SSSR count). The van der Waals surface area contributed by atoms with Crippen LogP contribution < -0.4 is 0 Å². The predicted octanol–water partition coefficient (Wildman–Crippen LogP) is 5.26. The third-order valence-electron chi connectivity index (χ3n) is 5.27. The van der Waals surface area contributed by atoms with Crippen molar-refractivity contribution in [1.29, 1.82) is 0 Å². The number of imidazole rings is 1. The molecule has 3 aromatic rings. The molecule has 156 valence electrons. The molecule has 1 aliphatic rings. The van der Waals surface area contributed by atoms with Crippen LogP contribution in [0.25, 0.3) is 17.2 Å². The number of phenolic OH excluding ortho intramolecular Hbond substituents is 1. The summed E-state index contributed by atoms with van der Waals surface area (Å²) in [5.74, 6) is 1.03. The number of aryl methyl sites for hydroxylation is 1. The van der Waals surface area contributed by atoms with Gasteiger partial charge in [-0.3, -0.25) is 4.79 Å². The summed E-state index contributed by atoms with van der Waals surface area (Å²) in [6.07, 6.45) is 10.4. The summed E-state index contributed by atoms with van der Waals surface area (Å²) in [4.78, 5) is 23.1. The van der Waals surface area contributed by atoms with E-state index in [1.165, 1.54) is 0 Å². The van der Waals surface area contributed by atoms with Crippen LogP contribution in [0.5, 0.6) is 5.75 Å². The highest BCUT2D eigenvalue weighted by Crippen LogP contribution is 2.29. The van der Waals surface area contributed by atoms with Crippen LogP contribution in [-0.4, -0.2) is 32.4 Å². The number of aromatic hydroxyl groups is 1. The fraction of sp³-hybridized carbons (Fsp3) is 0.154. The summed E-state index contributed by atoms with van der Waals surface area (Å²) in [6.45, 7) is 4.45. The Labute approximate surface area is 182 Å². The quantitative estimate of drug-likeness (QED) is 0.575. The summed E-state index contributed by atoms with van der Waals surface area (Å²) >= 11 is 0. The second-order valence-corrected chi connectivity index (χ2v) is 7.44. The van der Waals surface area contributed by atoms with Gasteiger partial charge in [0.1, 0.15) is 11.6 Å². The van der Waals surface area contributed by atoms with Gasteiger partial charge in [-0.25, -0.2) is 4.98 Å². The number of carbonyl (C=O) groups excluding carboxylic acids is 1. The van der Waals surface area contributed by atoms with Crippen LogP contribution in [0.2, 0.25) is 0 Å². The fourth-order valence-corrected chi connectivity index (χ4v) is 3.73. The second-order valence-electron chi connectivity index (χ2n) is 7.44. The first-order chi connectivity index (χ1) is 15.1. The highest BCUT2D eigenvalue weighted by atomic mass is 16.3. The number of allylic oxidation sites excluding steroid dienone is 4. The maximum atomic E-state index is 13.4. The van der Waals surface area contributed by atoms with Gasteiger partial charge in [0.25, 0.3) is 5.91 Å². The Bertz CT molecular complexity index is 1180. The number of para-hydroxylation sites is 1. The van der Waals surface area contributed by atoms with Gasteiger partial charge >= 0.3 is 0 Å². The van der Waals surface area contributed by atoms with Crippen molar-refractivity contribution in [2.75, 3.05) is 6.54 Å². The van der Waals surface area contributed by atoms with E-state index in [4.69, 9.17) is 0 Å². The largest absolute Gasteiger partial charge is 0.507 e. The zero-order valence-electron chi connectivity index (χ0n) is 17.7. The molecule has 1 aliphatic heterocycles. The molecule has 0 fully saturated rings. The van der Waals surface area contributed by atoms with E-state index in [1.807, 2.05) is 80.6 Å².